The van der Waals surface area contributed by atoms with Gasteiger partial charge in [0.25, 0.3) is 41.4 Å². The lowest BCUT2D eigenvalue weighted by Gasteiger charge is -2.32. The van der Waals surface area contributed by atoms with Crippen molar-refractivity contribution in [3.63, 3.8) is 0 Å². The van der Waals surface area contributed by atoms with Crippen LogP contribution in [0.1, 0.15) is 293 Å². The molecule has 30 heteroatoms. The Kier molecular flexibility index (Phi) is 54.5. The first-order valence-corrected chi connectivity index (χ1v) is 48.3. The van der Waals surface area contributed by atoms with E-state index in [2.05, 4.69) is 34.1 Å². The maximum Gasteiger partial charge on any atom is 0.254 e. The zero-order valence-electron chi connectivity index (χ0n) is 85.2. The lowest BCUT2D eigenvalue weighted by Crippen LogP contribution is -2.42. The van der Waals surface area contributed by atoms with Gasteiger partial charge in [-0.1, -0.05) is 102 Å². The van der Waals surface area contributed by atoms with Crippen LogP contribution >= 0.6 is 0 Å². The molecule has 146 heavy (non-hydrogen) atoms. The fraction of sp³-hybridized carbons (Fsp3) is 0.517. The van der Waals surface area contributed by atoms with Crippen LogP contribution in [0.4, 0.5) is 5.82 Å². The summed E-state index contributed by atoms with van der Waals surface area (Å²) >= 11 is 0. The number of aliphatic hydroxyl groups is 1. The lowest BCUT2D eigenvalue weighted by atomic mass is 9.95. The fourth-order valence-corrected chi connectivity index (χ4v) is 17.0. The molecule has 0 unspecified atom stereocenters. The minimum atomic E-state index is -0.120. The molecular weight excluding hydrogens is 1850 g/mol. The molecule has 810 valence electrons. The molecule has 9 aromatic rings. The predicted molar refractivity (Wildman–Crippen MR) is 595 cm³/mol. The number of para-hydroxylation sites is 1. The smallest absolute Gasteiger partial charge is 0.254 e. The standard InChI is InChI=1S/C17H24N2O3.C15H22N2O2.C14H20N2O2.C14H19NO3.C13H18N2O2.C13H17NO2.C12H15NO2.C10H13N3.8CH4/c1-13(2)19-12-14-3-4-15(11-16(14)17(19)20)22-10-7-18-5-8-21-9-6-18;1-11(2)17-10-12-5-6-13(9-14(12)15(17)18)19-8-7-16(3)4;1-10(2)16-9-11-4-5-12(18-7-6-15-3)8-13(11)14(16)17;1-9(2)15-5-4-10-7-13(18-3)11(8-16)6-12(10)14(15)17;1-9(2)15-8-10-3-4-11(17-6-5-14)7-12(10)13(15)16;1-9(2)14-7-6-10-8-11(16-3)4-5-12(10)13(14)15;1-8(2)13-7-9-4-5-10(15-3)6-11(9)12(13)14;1-7(2)13-9-6-4-3-5-8(9)10(11)12-13;;;;;;;;/h3-4,11,13H,5-10,12H2,1-2H3;5-6,9,11H,7-8,10H2,1-4H3;4-5,8,10,15H,6-7,9H2,1-3H3;6-7,9,16H,4-5,8H2,1-3H3;3-4,7,9H,5-6,8,14H2,1-2H3;4-5,8-9H,6-7H2,1-3H3;4-6,8H,7H2,1-3H3;3-7H,1-2H3,(H2,11,12);8*1H4. The maximum absolute atomic E-state index is 12.4. The highest BCUT2D eigenvalue weighted by Gasteiger charge is 2.36. The van der Waals surface area contributed by atoms with Crippen molar-refractivity contribution in [3.05, 3.63) is 229 Å². The number of carbonyl (C=O) groups excluding carboxylic acids is 7. The number of likely N-dealkylation sites (N-methyl/N-ethyl adjacent to an activating group) is 2. The van der Waals surface area contributed by atoms with Crippen molar-refractivity contribution < 1.29 is 76.6 Å². The highest BCUT2D eigenvalue weighted by Crippen LogP contribution is 2.36. The SMILES string of the molecule is C.C.C.C.C.C.C.C.CC(C)N1Cc2ccc(OCCN(C)C)cc2C1=O.CC(C)N1Cc2ccc(OCCN)cc2C1=O.CC(C)N1Cc2ccc(OCCN3CCOCC3)cc2C1=O.CC(C)n1nc(N)c2ccccc21.CNCCOc1ccc2c(c1)C(=O)N(C(C)C)C2.COc1cc2c(cc1CO)C(=O)N(C(C)C)CC2.COc1ccc2c(c1)C(=O)N(C(C)C)C2.COc1ccc2c(c1)CCN(C(C)C)C2=O. The Balaban J connectivity index is 0.000000561. The summed E-state index contributed by atoms with van der Waals surface area (Å²) in [6, 6.07) is 48.1. The predicted octanol–water partition coefficient (Wildman–Crippen LogP) is 19.8. The number of morpholine rings is 1. The molecule has 0 saturated carbocycles. The minimum absolute atomic E-state index is 0. The van der Waals surface area contributed by atoms with E-state index in [4.69, 9.17) is 49.4 Å². The van der Waals surface area contributed by atoms with Crippen LogP contribution in [0, 0.1) is 0 Å². The third kappa shape index (κ3) is 33.3. The Morgan fingerprint density at radius 2 is 0.719 bits per heavy atom. The van der Waals surface area contributed by atoms with Gasteiger partial charge >= 0.3 is 0 Å². The van der Waals surface area contributed by atoms with Crippen LogP contribution in [0.15, 0.2) is 146 Å². The number of nitrogens with one attached hydrogen (secondary N) is 1. The van der Waals surface area contributed by atoms with E-state index < -0.39 is 0 Å². The van der Waals surface area contributed by atoms with Crippen LogP contribution in [0.3, 0.4) is 0 Å². The van der Waals surface area contributed by atoms with Crippen molar-refractivity contribution in [2.45, 2.75) is 271 Å². The second kappa shape index (κ2) is 61.3. The summed E-state index contributed by atoms with van der Waals surface area (Å²) in [7, 11) is 10.7. The van der Waals surface area contributed by atoms with Crippen LogP contribution < -0.4 is 49.9 Å². The number of benzene rings is 8. The molecule has 6 N–H and O–H groups in total. The normalized spacial score (nSPS) is 14.2. The summed E-state index contributed by atoms with van der Waals surface area (Å²) in [5.41, 5.74) is 25.9. The monoisotopic (exact) mass is 2030 g/mol. The number of aliphatic hydroxyl groups excluding tert-OH is 1. The topological polar surface area (TPSA) is 325 Å². The van der Waals surface area contributed by atoms with Crippen LogP contribution in [0.25, 0.3) is 10.9 Å². The Morgan fingerprint density at radius 1 is 0.384 bits per heavy atom. The fourth-order valence-electron chi connectivity index (χ4n) is 17.0. The third-order valence-corrected chi connectivity index (χ3v) is 25.1. The van der Waals surface area contributed by atoms with Gasteiger partial charge in [-0.05, 0) is 287 Å². The number of nitrogens with two attached hydrogens (primary N) is 2. The van der Waals surface area contributed by atoms with E-state index in [1.807, 2.05) is 297 Å². The molecule has 1 fully saturated rings. The minimum Gasteiger partial charge on any atom is -0.497 e. The van der Waals surface area contributed by atoms with Crippen molar-refractivity contribution in [2.24, 2.45) is 5.73 Å². The number of nitrogen functional groups attached to an aromatic ring is 1. The Labute approximate surface area is 875 Å². The molecule has 8 aliphatic rings. The number of anilines is 1. The molecule has 0 bridgehead atoms. The number of carbonyl (C=O) groups is 7. The van der Waals surface area contributed by atoms with Crippen molar-refractivity contribution in [1.82, 2.24) is 59.2 Å². The number of aromatic nitrogens is 2. The van der Waals surface area contributed by atoms with E-state index in [9.17, 15) is 38.7 Å². The molecule has 1 aromatic heterocycles. The second-order valence-electron chi connectivity index (χ2n) is 37.6. The number of fused-ring (bicyclic) bond motifs is 8. The molecule has 17 rings (SSSR count). The van der Waals surface area contributed by atoms with Crippen LogP contribution in [-0.4, -0.2) is 277 Å². The Morgan fingerprint density at radius 3 is 1.08 bits per heavy atom. The quantitative estimate of drug-likeness (QED) is 0.0348. The molecule has 0 atom stereocenters. The number of rotatable bonds is 27. The molecule has 8 aliphatic heterocycles. The summed E-state index contributed by atoms with van der Waals surface area (Å²) in [5, 5.41) is 17.7. The van der Waals surface area contributed by atoms with Crippen molar-refractivity contribution in [2.75, 3.05) is 140 Å². The van der Waals surface area contributed by atoms with E-state index in [1.54, 1.807) is 27.4 Å². The summed E-state index contributed by atoms with van der Waals surface area (Å²) in [6.07, 6.45) is 1.75. The van der Waals surface area contributed by atoms with Gasteiger partial charge in [0.1, 0.15) is 66.7 Å². The van der Waals surface area contributed by atoms with E-state index in [-0.39, 0.29) is 150 Å². The van der Waals surface area contributed by atoms with Gasteiger partial charge in [-0.15, -0.1) is 0 Å². The molecule has 7 amide bonds. The van der Waals surface area contributed by atoms with Crippen LogP contribution in [0.2, 0.25) is 0 Å². The zero-order valence-corrected chi connectivity index (χ0v) is 85.2. The average Bonchev–Trinajstić information content (AvgIpc) is 1.51. The molecule has 0 aliphatic carbocycles. The summed E-state index contributed by atoms with van der Waals surface area (Å²) in [5.74, 6) is 6.60. The Hall–Kier alpha value is -12.3. The Bertz CT molecular complexity index is 5630. The largest absolute Gasteiger partial charge is 0.497 e. The summed E-state index contributed by atoms with van der Waals surface area (Å²) < 4.78 is 45.3. The third-order valence-electron chi connectivity index (χ3n) is 25.1. The number of hydrogen-bond donors (Lipinski definition) is 4. The van der Waals surface area contributed by atoms with Gasteiger partial charge in [0.2, 0.25) is 0 Å². The van der Waals surface area contributed by atoms with Gasteiger partial charge in [-0.3, -0.25) is 43.1 Å². The molecule has 9 heterocycles. The van der Waals surface area contributed by atoms with Crippen molar-refractivity contribution in [3.8, 4) is 40.2 Å². The first-order valence-electron chi connectivity index (χ1n) is 48.3. The van der Waals surface area contributed by atoms with Crippen molar-refractivity contribution >= 4 is 58.1 Å². The van der Waals surface area contributed by atoms with Gasteiger partial charge in [-0.2, -0.15) is 5.10 Å². The molecule has 0 spiro atoms. The van der Waals surface area contributed by atoms with Gasteiger partial charge < -0.3 is 99.0 Å². The van der Waals surface area contributed by atoms with Gasteiger partial charge in [-0.25, -0.2) is 0 Å². The summed E-state index contributed by atoms with van der Waals surface area (Å²) in [4.78, 5) is 103. The highest BCUT2D eigenvalue weighted by molar-refractivity contribution is 6.02. The molecule has 8 aromatic carbocycles. The van der Waals surface area contributed by atoms with Crippen molar-refractivity contribution in [1.29, 1.82) is 0 Å². The van der Waals surface area contributed by atoms with Gasteiger partial charge in [0.05, 0.1) is 46.7 Å². The van der Waals surface area contributed by atoms with Gasteiger partial charge in [0.15, 0.2) is 5.82 Å². The number of methoxy groups -OCH3 is 3. The van der Waals surface area contributed by atoms with E-state index in [0.29, 0.717) is 93.6 Å². The van der Waals surface area contributed by atoms with E-state index in [1.165, 1.54) is 0 Å². The first kappa shape index (κ1) is 130. The molecule has 30 nitrogen and oxygen atoms in total. The molecule has 0 radical (unpaired) electrons. The first-order chi connectivity index (χ1) is 65.9. The zero-order chi connectivity index (χ0) is 100. The maximum atomic E-state index is 12.4. The second-order valence-corrected chi connectivity index (χ2v) is 37.6. The number of amides is 7. The highest BCUT2D eigenvalue weighted by atomic mass is 16.5. The van der Waals surface area contributed by atoms with Crippen LogP contribution in [0.5, 0.6) is 40.2 Å². The number of hydrogen-bond acceptors (Lipinski definition) is 22. The number of nitrogens with zero attached hydrogens (tertiary/aromatic N) is 11. The number of ether oxygens (including phenoxy) is 8. The van der Waals surface area contributed by atoms with Gasteiger partial charge in [0, 0.05) is 183 Å². The summed E-state index contributed by atoms with van der Waals surface area (Å²) in [6.45, 7) is 46.6. The average molecular weight is 2030 g/mol. The van der Waals surface area contributed by atoms with E-state index in [0.717, 1.165) is 190 Å². The van der Waals surface area contributed by atoms with Crippen LogP contribution in [-0.2, 0) is 56.9 Å². The van der Waals surface area contributed by atoms with E-state index >= 15 is 0 Å². The molecule has 1 saturated heterocycles. The lowest BCUT2D eigenvalue weighted by molar-refractivity contribution is 0.0322. The molecular formula is C116H180N14O16.